The van der Waals surface area contributed by atoms with Gasteiger partial charge in [0.1, 0.15) is 5.75 Å². The fraction of sp³-hybridized carbons (Fsp3) is 0.538. The number of aryl methyl sites for hydroxylation is 1. The van der Waals surface area contributed by atoms with Crippen LogP contribution in [0.1, 0.15) is 24.1 Å². The normalized spacial score (nSPS) is 12.9. The SMILES string of the molecule is CCOc1cc(C)c(C(N)CN(C)C)cc1Cl. The number of rotatable bonds is 5. The van der Waals surface area contributed by atoms with Gasteiger partial charge in [-0.1, -0.05) is 11.6 Å². The smallest absolute Gasteiger partial charge is 0.138 e. The van der Waals surface area contributed by atoms with Crippen molar-refractivity contribution in [2.75, 3.05) is 27.2 Å². The molecule has 17 heavy (non-hydrogen) atoms. The maximum Gasteiger partial charge on any atom is 0.138 e. The molecule has 4 heteroatoms. The highest BCUT2D eigenvalue weighted by Crippen LogP contribution is 2.30. The van der Waals surface area contributed by atoms with Gasteiger partial charge in [0, 0.05) is 12.6 Å². The van der Waals surface area contributed by atoms with E-state index in [2.05, 4.69) is 4.90 Å². The summed E-state index contributed by atoms with van der Waals surface area (Å²) in [6, 6.07) is 3.84. The first-order valence-electron chi connectivity index (χ1n) is 5.78. The number of benzene rings is 1. The molecule has 0 saturated carbocycles. The molecule has 0 aliphatic heterocycles. The summed E-state index contributed by atoms with van der Waals surface area (Å²) in [7, 11) is 4.01. The quantitative estimate of drug-likeness (QED) is 0.880. The summed E-state index contributed by atoms with van der Waals surface area (Å²) >= 11 is 6.17. The lowest BCUT2D eigenvalue weighted by Gasteiger charge is -2.20. The third-order valence-corrected chi connectivity index (χ3v) is 2.88. The lowest BCUT2D eigenvalue weighted by molar-refractivity contribution is 0.339. The highest BCUT2D eigenvalue weighted by molar-refractivity contribution is 6.32. The number of likely N-dealkylation sites (N-methyl/N-ethyl adjacent to an activating group) is 1. The van der Waals surface area contributed by atoms with Crippen molar-refractivity contribution in [2.24, 2.45) is 5.73 Å². The number of nitrogens with two attached hydrogens (primary N) is 1. The molecule has 0 aliphatic rings. The minimum Gasteiger partial charge on any atom is -0.492 e. The fourth-order valence-corrected chi connectivity index (χ4v) is 2.05. The van der Waals surface area contributed by atoms with Crippen LogP contribution in [0.3, 0.4) is 0 Å². The predicted molar refractivity (Wildman–Crippen MR) is 72.8 cm³/mol. The van der Waals surface area contributed by atoms with Gasteiger partial charge in [-0.15, -0.1) is 0 Å². The minimum atomic E-state index is -0.0295. The number of hydrogen-bond donors (Lipinski definition) is 1. The average molecular weight is 257 g/mol. The largest absolute Gasteiger partial charge is 0.492 e. The molecule has 0 aromatic heterocycles. The lowest BCUT2D eigenvalue weighted by Crippen LogP contribution is -2.26. The van der Waals surface area contributed by atoms with Crippen molar-refractivity contribution in [1.82, 2.24) is 4.90 Å². The van der Waals surface area contributed by atoms with Gasteiger partial charge in [0.2, 0.25) is 0 Å². The van der Waals surface area contributed by atoms with Gasteiger partial charge >= 0.3 is 0 Å². The van der Waals surface area contributed by atoms with Crippen LogP contribution in [0.2, 0.25) is 5.02 Å². The van der Waals surface area contributed by atoms with Crippen molar-refractivity contribution in [3.8, 4) is 5.75 Å². The second kappa shape index (κ2) is 6.24. The van der Waals surface area contributed by atoms with Gasteiger partial charge in [-0.3, -0.25) is 0 Å². The average Bonchev–Trinajstić information content (AvgIpc) is 2.22. The maximum atomic E-state index is 6.17. The van der Waals surface area contributed by atoms with E-state index in [1.54, 1.807) is 0 Å². The molecule has 1 atom stereocenters. The Morgan fingerprint density at radius 2 is 2.06 bits per heavy atom. The van der Waals surface area contributed by atoms with Crippen LogP contribution < -0.4 is 10.5 Å². The van der Waals surface area contributed by atoms with E-state index < -0.39 is 0 Å². The van der Waals surface area contributed by atoms with Crippen molar-refractivity contribution >= 4 is 11.6 Å². The molecule has 96 valence electrons. The Kier molecular flexibility index (Phi) is 5.25. The van der Waals surface area contributed by atoms with E-state index in [1.165, 1.54) is 0 Å². The monoisotopic (exact) mass is 256 g/mol. The van der Waals surface area contributed by atoms with Gasteiger partial charge in [-0.25, -0.2) is 0 Å². The van der Waals surface area contributed by atoms with Gasteiger partial charge in [-0.2, -0.15) is 0 Å². The molecule has 0 aliphatic carbocycles. The zero-order chi connectivity index (χ0) is 13.0. The Bertz CT molecular complexity index is 380. The molecule has 1 rings (SSSR count). The Labute approximate surface area is 109 Å². The Morgan fingerprint density at radius 1 is 1.41 bits per heavy atom. The summed E-state index contributed by atoms with van der Waals surface area (Å²) in [5.74, 6) is 0.729. The Balaban J connectivity index is 2.98. The third kappa shape index (κ3) is 3.87. The zero-order valence-electron chi connectivity index (χ0n) is 11.0. The van der Waals surface area contributed by atoms with Crippen LogP contribution in [0, 0.1) is 6.92 Å². The van der Waals surface area contributed by atoms with Crippen molar-refractivity contribution in [2.45, 2.75) is 19.9 Å². The molecule has 0 spiro atoms. The first-order chi connectivity index (χ1) is 7.95. The summed E-state index contributed by atoms with van der Waals surface area (Å²) < 4.78 is 5.45. The molecule has 0 bridgehead atoms. The number of ether oxygens (including phenoxy) is 1. The van der Waals surface area contributed by atoms with Crippen LogP contribution in [-0.2, 0) is 0 Å². The van der Waals surface area contributed by atoms with Crippen LogP contribution in [0.5, 0.6) is 5.75 Å². The standard InChI is InChI=1S/C13H21ClN2O/c1-5-17-13-6-9(2)10(7-11(13)14)12(15)8-16(3)4/h6-7,12H,5,8,15H2,1-4H3. The molecule has 0 amide bonds. The molecule has 0 heterocycles. The van der Waals surface area contributed by atoms with Gasteiger partial charge in [0.05, 0.1) is 11.6 Å². The van der Waals surface area contributed by atoms with Crippen molar-refractivity contribution in [3.63, 3.8) is 0 Å². The molecule has 3 nitrogen and oxygen atoms in total. The zero-order valence-corrected chi connectivity index (χ0v) is 11.7. The second-order valence-electron chi connectivity index (χ2n) is 4.44. The van der Waals surface area contributed by atoms with Crippen molar-refractivity contribution < 1.29 is 4.74 Å². The molecule has 1 unspecified atom stereocenters. The van der Waals surface area contributed by atoms with Gasteiger partial charge in [0.15, 0.2) is 0 Å². The van der Waals surface area contributed by atoms with E-state index >= 15 is 0 Å². The number of hydrogen-bond acceptors (Lipinski definition) is 3. The van der Waals surface area contributed by atoms with Gasteiger partial charge in [0.25, 0.3) is 0 Å². The summed E-state index contributed by atoms with van der Waals surface area (Å²) in [6.07, 6.45) is 0. The van der Waals surface area contributed by atoms with E-state index in [0.29, 0.717) is 11.6 Å². The highest BCUT2D eigenvalue weighted by Gasteiger charge is 2.13. The Morgan fingerprint density at radius 3 is 2.59 bits per heavy atom. The molecule has 1 aromatic rings. The van der Waals surface area contributed by atoms with E-state index in [0.717, 1.165) is 23.4 Å². The van der Waals surface area contributed by atoms with Crippen LogP contribution in [0.4, 0.5) is 0 Å². The molecule has 0 radical (unpaired) electrons. The predicted octanol–water partition coefficient (Wildman–Crippen LogP) is 2.61. The van der Waals surface area contributed by atoms with Gasteiger partial charge in [-0.05, 0) is 51.2 Å². The first-order valence-corrected chi connectivity index (χ1v) is 6.16. The maximum absolute atomic E-state index is 6.17. The number of nitrogens with zero attached hydrogens (tertiary/aromatic N) is 1. The van der Waals surface area contributed by atoms with E-state index in [9.17, 15) is 0 Å². The topological polar surface area (TPSA) is 38.5 Å². The van der Waals surface area contributed by atoms with Crippen LogP contribution in [-0.4, -0.2) is 32.1 Å². The second-order valence-corrected chi connectivity index (χ2v) is 4.85. The molecule has 0 fully saturated rings. The van der Waals surface area contributed by atoms with Crippen LogP contribution in [0.25, 0.3) is 0 Å². The molecule has 0 saturated heterocycles. The van der Waals surface area contributed by atoms with E-state index in [-0.39, 0.29) is 6.04 Å². The van der Waals surface area contributed by atoms with Crippen molar-refractivity contribution in [3.05, 3.63) is 28.3 Å². The summed E-state index contributed by atoms with van der Waals surface area (Å²) in [5, 5.41) is 0.627. The van der Waals surface area contributed by atoms with E-state index in [4.69, 9.17) is 22.1 Å². The molecule has 2 N–H and O–H groups in total. The van der Waals surface area contributed by atoms with E-state index in [1.807, 2.05) is 40.1 Å². The highest BCUT2D eigenvalue weighted by atomic mass is 35.5. The first kappa shape index (κ1) is 14.3. The number of halogens is 1. The minimum absolute atomic E-state index is 0.0295. The molecular formula is C13H21ClN2O. The summed E-state index contributed by atoms with van der Waals surface area (Å²) in [5.41, 5.74) is 8.34. The van der Waals surface area contributed by atoms with Gasteiger partial charge < -0.3 is 15.4 Å². The lowest BCUT2D eigenvalue weighted by atomic mass is 10.0. The molecular weight excluding hydrogens is 236 g/mol. The Hall–Kier alpha value is -0.770. The third-order valence-electron chi connectivity index (χ3n) is 2.58. The summed E-state index contributed by atoms with van der Waals surface area (Å²) in [4.78, 5) is 2.06. The molecule has 1 aromatic carbocycles. The fourth-order valence-electron chi connectivity index (χ4n) is 1.83. The van der Waals surface area contributed by atoms with Crippen LogP contribution in [0.15, 0.2) is 12.1 Å². The van der Waals surface area contributed by atoms with Crippen molar-refractivity contribution in [1.29, 1.82) is 0 Å². The van der Waals surface area contributed by atoms with Crippen LogP contribution >= 0.6 is 11.6 Å². The summed E-state index contributed by atoms with van der Waals surface area (Å²) in [6.45, 7) is 5.38.